The first-order valence-electron chi connectivity index (χ1n) is 5.82. The summed E-state index contributed by atoms with van der Waals surface area (Å²) in [7, 11) is 0. The molecule has 0 amide bonds. The quantitative estimate of drug-likeness (QED) is 0.639. The molecule has 19 heavy (non-hydrogen) atoms. The molecule has 1 unspecified atom stereocenters. The Labute approximate surface area is 124 Å². The van der Waals surface area contributed by atoms with Crippen LogP contribution in [-0.4, -0.2) is 0 Å². The summed E-state index contributed by atoms with van der Waals surface area (Å²) in [6, 6.07) is 9.51. The molecule has 0 bridgehead atoms. The normalized spacial score (nSPS) is 12.5. The molecule has 0 N–H and O–H groups in total. The van der Waals surface area contributed by atoms with Crippen LogP contribution in [0.2, 0.25) is 0 Å². The summed E-state index contributed by atoms with van der Waals surface area (Å²) in [5, 5.41) is -0.469. The number of benzene rings is 2. The van der Waals surface area contributed by atoms with Crippen molar-refractivity contribution in [1.82, 2.24) is 0 Å². The molecule has 0 aliphatic carbocycles. The maximum Gasteiger partial charge on any atom is 0.129 e. The average Bonchev–Trinajstić information content (AvgIpc) is 2.37. The summed E-state index contributed by atoms with van der Waals surface area (Å²) >= 11 is 9.68. The van der Waals surface area contributed by atoms with Crippen LogP contribution in [0.3, 0.4) is 0 Å². The number of halogens is 4. The van der Waals surface area contributed by atoms with Gasteiger partial charge >= 0.3 is 0 Å². The highest BCUT2D eigenvalue weighted by Gasteiger charge is 2.16. The maximum absolute atomic E-state index is 13.6. The number of alkyl halides is 1. The minimum absolute atomic E-state index is 0.0270. The van der Waals surface area contributed by atoms with Crippen molar-refractivity contribution in [2.45, 2.75) is 18.7 Å². The Morgan fingerprint density at radius 1 is 1.16 bits per heavy atom. The lowest BCUT2D eigenvalue weighted by Gasteiger charge is -2.12. The second-order valence-corrected chi connectivity index (χ2v) is 5.76. The third kappa shape index (κ3) is 3.34. The van der Waals surface area contributed by atoms with Crippen molar-refractivity contribution < 1.29 is 8.78 Å². The standard InChI is InChI=1S/C15H12BrClF2/c1-9-5-6-10(7-12(9)16)13(17)8-11-14(18)3-2-4-15(11)19/h2-7,13H,8H2,1H3. The molecular weight excluding hydrogens is 334 g/mol. The van der Waals surface area contributed by atoms with Gasteiger partial charge in [0.2, 0.25) is 0 Å². The van der Waals surface area contributed by atoms with Gasteiger partial charge in [-0.25, -0.2) is 8.78 Å². The van der Waals surface area contributed by atoms with Crippen LogP contribution in [0.25, 0.3) is 0 Å². The van der Waals surface area contributed by atoms with E-state index < -0.39 is 17.0 Å². The lowest BCUT2D eigenvalue weighted by Crippen LogP contribution is -2.01. The van der Waals surface area contributed by atoms with Crippen molar-refractivity contribution in [3.63, 3.8) is 0 Å². The molecule has 100 valence electrons. The zero-order valence-corrected chi connectivity index (χ0v) is 12.6. The molecule has 0 saturated heterocycles. The van der Waals surface area contributed by atoms with Crippen LogP contribution in [0.4, 0.5) is 8.78 Å². The van der Waals surface area contributed by atoms with E-state index in [4.69, 9.17) is 11.6 Å². The molecule has 1 atom stereocenters. The van der Waals surface area contributed by atoms with Gasteiger partial charge in [0.25, 0.3) is 0 Å². The maximum atomic E-state index is 13.6. The molecule has 0 aliphatic rings. The Morgan fingerprint density at radius 2 is 1.79 bits per heavy atom. The van der Waals surface area contributed by atoms with Crippen LogP contribution in [0.5, 0.6) is 0 Å². The zero-order chi connectivity index (χ0) is 14.0. The molecule has 2 rings (SSSR count). The highest BCUT2D eigenvalue weighted by atomic mass is 79.9. The summed E-state index contributed by atoms with van der Waals surface area (Å²) < 4.78 is 28.1. The minimum atomic E-state index is -0.558. The second kappa shape index (κ2) is 6.02. The first kappa shape index (κ1) is 14.5. The van der Waals surface area contributed by atoms with E-state index in [-0.39, 0.29) is 12.0 Å². The monoisotopic (exact) mass is 344 g/mol. The van der Waals surface area contributed by atoms with E-state index in [9.17, 15) is 8.78 Å². The van der Waals surface area contributed by atoms with Gasteiger partial charge in [-0.1, -0.05) is 34.1 Å². The summed E-state index contributed by atoms with van der Waals surface area (Å²) in [5.41, 5.74) is 1.95. The van der Waals surface area contributed by atoms with E-state index in [1.165, 1.54) is 18.2 Å². The van der Waals surface area contributed by atoms with Crippen LogP contribution >= 0.6 is 27.5 Å². The first-order chi connectivity index (χ1) is 8.99. The van der Waals surface area contributed by atoms with Gasteiger partial charge in [-0.3, -0.25) is 0 Å². The molecule has 0 saturated carbocycles. The Kier molecular flexibility index (Phi) is 4.58. The molecule has 0 nitrogen and oxygen atoms in total. The van der Waals surface area contributed by atoms with E-state index in [1.54, 1.807) is 0 Å². The minimum Gasteiger partial charge on any atom is -0.207 e. The van der Waals surface area contributed by atoms with E-state index in [0.717, 1.165) is 15.6 Å². The average molecular weight is 346 g/mol. The smallest absolute Gasteiger partial charge is 0.129 e. The molecule has 2 aromatic rings. The van der Waals surface area contributed by atoms with Crippen molar-refractivity contribution in [2.75, 3.05) is 0 Å². The van der Waals surface area contributed by atoms with Gasteiger partial charge in [0.1, 0.15) is 11.6 Å². The van der Waals surface area contributed by atoms with Crippen molar-refractivity contribution >= 4 is 27.5 Å². The summed E-state index contributed by atoms with van der Waals surface area (Å²) in [6.07, 6.45) is 0.121. The zero-order valence-electron chi connectivity index (χ0n) is 10.3. The molecule has 2 aromatic carbocycles. The molecule has 0 fully saturated rings. The largest absolute Gasteiger partial charge is 0.207 e. The van der Waals surface area contributed by atoms with Gasteiger partial charge in [0.05, 0.1) is 5.38 Å². The van der Waals surface area contributed by atoms with Gasteiger partial charge in [0.15, 0.2) is 0 Å². The predicted octanol–water partition coefficient (Wildman–Crippen LogP) is 5.56. The molecule has 0 heterocycles. The third-order valence-electron chi connectivity index (χ3n) is 3.00. The van der Waals surface area contributed by atoms with Crippen LogP contribution in [-0.2, 0) is 6.42 Å². The number of hydrogen-bond acceptors (Lipinski definition) is 0. The van der Waals surface area contributed by atoms with E-state index >= 15 is 0 Å². The van der Waals surface area contributed by atoms with Crippen molar-refractivity contribution in [2.24, 2.45) is 0 Å². The van der Waals surface area contributed by atoms with Gasteiger partial charge in [-0.15, -0.1) is 11.6 Å². The third-order valence-corrected chi connectivity index (χ3v) is 4.26. The van der Waals surface area contributed by atoms with Gasteiger partial charge in [-0.05, 0) is 42.7 Å². The second-order valence-electron chi connectivity index (χ2n) is 4.38. The van der Waals surface area contributed by atoms with Crippen molar-refractivity contribution in [1.29, 1.82) is 0 Å². The molecule has 0 aromatic heterocycles. The molecule has 4 heteroatoms. The van der Waals surface area contributed by atoms with Crippen LogP contribution in [0, 0.1) is 18.6 Å². The summed E-state index contributed by atoms with van der Waals surface area (Å²) in [6.45, 7) is 1.97. The highest BCUT2D eigenvalue weighted by Crippen LogP contribution is 2.30. The summed E-state index contributed by atoms with van der Waals surface area (Å²) in [5.74, 6) is -1.12. The molecule has 0 spiro atoms. The van der Waals surface area contributed by atoms with Crippen molar-refractivity contribution in [3.05, 3.63) is 69.2 Å². The number of hydrogen-bond donors (Lipinski definition) is 0. The predicted molar refractivity (Wildman–Crippen MR) is 77.5 cm³/mol. The Bertz CT molecular complexity index is 578. The van der Waals surface area contributed by atoms with Crippen LogP contribution < -0.4 is 0 Å². The van der Waals surface area contributed by atoms with E-state index in [2.05, 4.69) is 15.9 Å². The van der Waals surface area contributed by atoms with E-state index in [0.29, 0.717) is 0 Å². The van der Waals surface area contributed by atoms with E-state index in [1.807, 2.05) is 25.1 Å². The highest BCUT2D eigenvalue weighted by molar-refractivity contribution is 9.10. The lowest BCUT2D eigenvalue weighted by atomic mass is 10.0. The Hall–Kier alpha value is -0.930. The Morgan fingerprint density at radius 3 is 2.37 bits per heavy atom. The van der Waals surface area contributed by atoms with Gasteiger partial charge in [-0.2, -0.15) is 0 Å². The molecular formula is C15H12BrClF2. The molecule has 0 aliphatic heterocycles. The fourth-order valence-electron chi connectivity index (χ4n) is 1.83. The first-order valence-corrected chi connectivity index (χ1v) is 7.05. The fraction of sp³-hybridized carbons (Fsp3) is 0.200. The fourth-order valence-corrected chi connectivity index (χ4v) is 2.51. The summed E-state index contributed by atoms with van der Waals surface area (Å²) in [4.78, 5) is 0. The van der Waals surface area contributed by atoms with Gasteiger partial charge < -0.3 is 0 Å². The lowest BCUT2D eigenvalue weighted by molar-refractivity contribution is 0.553. The van der Waals surface area contributed by atoms with Crippen LogP contribution in [0.1, 0.15) is 22.1 Å². The number of aryl methyl sites for hydroxylation is 1. The topological polar surface area (TPSA) is 0 Å². The molecule has 0 radical (unpaired) electrons. The number of rotatable bonds is 3. The van der Waals surface area contributed by atoms with Gasteiger partial charge in [0, 0.05) is 10.0 Å². The SMILES string of the molecule is Cc1ccc(C(Cl)Cc2c(F)cccc2F)cc1Br. The Balaban J connectivity index is 2.25. The van der Waals surface area contributed by atoms with Crippen molar-refractivity contribution in [3.8, 4) is 0 Å². The van der Waals surface area contributed by atoms with Crippen LogP contribution in [0.15, 0.2) is 40.9 Å².